The first-order valence-electron chi connectivity index (χ1n) is 15.8. The van der Waals surface area contributed by atoms with Crippen LogP contribution in [0.5, 0.6) is 11.5 Å². The molecule has 3 aliphatic carbocycles. The van der Waals surface area contributed by atoms with E-state index in [0.717, 1.165) is 11.1 Å². The van der Waals surface area contributed by atoms with Gasteiger partial charge in [0.1, 0.15) is 23.9 Å². The van der Waals surface area contributed by atoms with Crippen LogP contribution in [0.1, 0.15) is 44.7 Å². The Balaban J connectivity index is 1.27. The molecule has 0 amide bonds. The van der Waals surface area contributed by atoms with Crippen molar-refractivity contribution in [1.82, 2.24) is 0 Å². The highest BCUT2D eigenvalue weighted by Crippen LogP contribution is 2.68. The van der Waals surface area contributed by atoms with Crippen molar-refractivity contribution >= 4 is 11.8 Å². The van der Waals surface area contributed by atoms with Gasteiger partial charge < -0.3 is 33.9 Å². The SMILES string of the molecule is C=C(C)[C@]12C[C@@H](C)[C@@]34OC(Cc5ccccc5)(O[C@@H]1[C@@H]3C=C(COC(=O)Cc1ccc(O)c(OC)c1)C[C@]1(O)C(=O)C(C)C=C14)O2. The topological polar surface area (TPSA) is 121 Å². The van der Waals surface area contributed by atoms with E-state index in [2.05, 4.69) is 13.5 Å². The Morgan fingerprint density at radius 3 is 2.57 bits per heavy atom. The molecule has 242 valence electrons. The molecule has 3 fully saturated rings. The van der Waals surface area contributed by atoms with Crippen LogP contribution in [0, 0.1) is 17.8 Å². The number of carbonyl (C=O) groups is 2. The lowest BCUT2D eigenvalue weighted by atomic mass is 9.56. The molecular formula is C37H40O9. The monoisotopic (exact) mass is 628 g/mol. The summed E-state index contributed by atoms with van der Waals surface area (Å²) in [4.78, 5) is 26.8. The minimum absolute atomic E-state index is 0.0265. The lowest BCUT2D eigenvalue weighted by Crippen LogP contribution is -2.68. The number of rotatable bonds is 8. The standard InChI is InChI=1S/C37H40O9/c1-21(2)35-17-23(4)37-27(33(35)44-36(45-35,46-37)19-24-9-7-6-8-10-24)14-26(18-34(41)30(37)13-22(3)32(34)40)20-43-31(39)16-25-11-12-28(38)29(15-25)42-5/h6-15,22-23,27,33,38,41H,1,16-20H2,2-5H3/t22?,23-,27+,33-,34-,35-,36?,37-/m1/s1. The van der Waals surface area contributed by atoms with Crippen LogP contribution in [-0.4, -0.2) is 64.6 Å². The van der Waals surface area contributed by atoms with Crippen LogP contribution >= 0.6 is 0 Å². The first-order chi connectivity index (χ1) is 21.9. The van der Waals surface area contributed by atoms with Crippen LogP contribution in [-0.2, 0) is 41.4 Å². The molecular weight excluding hydrogens is 588 g/mol. The van der Waals surface area contributed by atoms with E-state index in [1.807, 2.05) is 49.4 Å². The number of methoxy groups -OCH3 is 1. The zero-order valence-corrected chi connectivity index (χ0v) is 26.6. The molecule has 2 N–H and O–H groups in total. The molecule has 46 heavy (non-hydrogen) atoms. The summed E-state index contributed by atoms with van der Waals surface area (Å²) in [6.45, 7) is 10.0. The number of phenols is 1. The third-order valence-electron chi connectivity index (χ3n) is 10.6. The molecule has 2 saturated heterocycles. The number of phenolic OH excluding ortho intramolecular Hbond substituents is 1. The number of aromatic hydroxyl groups is 1. The molecule has 2 aromatic carbocycles. The predicted molar refractivity (Wildman–Crippen MR) is 167 cm³/mol. The first kappa shape index (κ1) is 30.9. The summed E-state index contributed by atoms with van der Waals surface area (Å²) in [6, 6.07) is 14.5. The number of hydrogen-bond donors (Lipinski definition) is 2. The van der Waals surface area contributed by atoms with Crippen molar-refractivity contribution in [2.75, 3.05) is 13.7 Å². The quantitative estimate of drug-likeness (QED) is 0.315. The molecule has 0 radical (unpaired) electrons. The number of allylic oxidation sites excluding steroid dienone is 1. The first-order valence-corrected chi connectivity index (χ1v) is 15.8. The summed E-state index contributed by atoms with van der Waals surface area (Å²) < 4.78 is 31.7. The van der Waals surface area contributed by atoms with E-state index in [-0.39, 0.29) is 42.6 Å². The number of Topliss-reactive ketones (excluding diaryl/α,β-unsaturated/α-hetero) is 1. The molecule has 9 heteroatoms. The van der Waals surface area contributed by atoms with Gasteiger partial charge >= 0.3 is 5.97 Å². The van der Waals surface area contributed by atoms with Gasteiger partial charge in [-0.15, -0.1) is 0 Å². The van der Waals surface area contributed by atoms with Crippen molar-refractivity contribution in [3.63, 3.8) is 0 Å². The Morgan fingerprint density at radius 1 is 1.09 bits per heavy atom. The van der Waals surface area contributed by atoms with E-state index in [1.165, 1.54) is 13.2 Å². The van der Waals surface area contributed by atoms with Gasteiger partial charge in [-0.3, -0.25) is 9.59 Å². The fraction of sp³-hybridized carbons (Fsp3) is 0.459. The number of hydrogen-bond acceptors (Lipinski definition) is 9. The number of ether oxygens (including phenoxy) is 5. The third kappa shape index (κ3) is 4.43. The smallest absolute Gasteiger partial charge is 0.310 e. The van der Waals surface area contributed by atoms with Crippen molar-refractivity contribution in [2.24, 2.45) is 17.8 Å². The fourth-order valence-electron chi connectivity index (χ4n) is 8.55. The second-order valence-electron chi connectivity index (χ2n) is 13.6. The molecule has 8 atom stereocenters. The number of carbonyl (C=O) groups excluding carboxylic acids is 2. The summed E-state index contributed by atoms with van der Waals surface area (Å²) in [7, 11) is 1.44. The van der Waals surface area contributed by atoms with Crippen molar-refractivity contribution in [3.8, 4) is 11.5 Å². The maximum absolute atomic E-state index is 13.8. The summed E-state index contributed by atoms with van der Waals surface area (Å²) in [5.41, 5.74) is -0.312. The molecule has 2 aliphatic heterocycles. The van der Waals surface area contributed by atoms with Gasteiger partial charge in [-0.25, -0.2) is 0 Å². The van der Waals surface area contributed by atoms with E-state index in [0.29, 0.717) is 29.6 Å². The van der Waals surface area contributed by atoms with Crippen molar-refractivity contribution in [2.45, 2.75) is 75.3 Å². The van der Waals surface area contributed by atoms with Gasteiger partial charge in [0.15, 0.2) is 22.9 Å². The van der Waals surface area contributed by atoms with Crippen LogP contribution in [0.4, 0.5) is 0 Å². The number of benzene rings is 2. The highest BCUT2D eigenvalue weighted by Gasteiger charge is 2.78. The van der Waals surface area contributed by atoms with Crippen molar-refractivity contribution in [3.05, 3.63) is 95.1 Å². The second-order valence-corrected chi connectivity index (χ2v) is 13.6. The minimum atomic E-state index is -1.85. The molecule has 2 aromatic rings. The minimum Gasteiger partial charge on any atom is -0.504 e. The van der Waals surface area contributed by atoms with Crippen LogP contribution < -0.4 is 4.74 Å². The van der Waals surface area contributed by atoms with Gasteiger partial charge in [-0.2, -0.15) is 0 Å². The number of aliphatic hydroxyl groups is 1. The highest BCUT2D eigenvalue weighted by atomic mass is 16.9. The Hall–Kier alpha value is -3.76. The largest absolute Gasteiger partial charge is 0.504 e. The molecule has 3 bridgehead atoms. The van der Waals surface area contributed by atoms with Gasteiger partial charge in [-0.05, 0) is 59.2 Å². The summed E-state index contributed by atoms with van der Waals surface area (Å²) in [5.74, 6) is -3.23. The van der Waals surface area contributed by atoms with E-state index >= 15 is 0 Å². The van der Waals surface area contributed by atoms with Crippen LogP contribution in [0.2, 0.25) is 0 Å². The summed E-state index contributed by atoms with van der Waals surface area (Å²) in [6.07, 6.45) is 4.07. The molecule has 0 spiro atoms. The van der Waals surface area contributed by atoms with Crippen molar-refractivity contribution < 1.29 is 43.5 Å². The van der Waals surface area contributed by atoms with Gasteiger partial charge in [-0.1, -0.05) is 69.0 Å². The van der Waals surface area contributed by atoms with Crippen molar-refractivity contribution in [1.29, 1.82) is 0 Å². The zero-order chi connectivity index (χ0) is 32.6. The maximum Gasteiger partial charge on any atom is 0.310 e. The second kappa shape index (κ2) is 10.6. The molecule has 5 aliphatic rings. The Morgan fingerprint density at radius 2 is 1.85 bits per heavy atom. The molecule has 7 rings (SSSR count). The van der Waals surface area contributed by atoms with Crippen LogP contribution in [0.3, 0.4) is 0 Å². The summed E-state index contributed by atoms with van der Waals surface area (Å²) >= 11 is 0. The van der Waals surface area contributed by atoms with E-state index < -0.39 is 46.7 Å². The Labute approximate surface area is 268 Å². The molecule has 2 unspecified atom stereocenters. The Kier molecular flexibility index (Phi) is 7.14. The molecule has 1 saturated carbocycles. The van der Waals surface area contributed by atoms with E-state index in [1.54, 1.807) is 19.1 Å². The number of ketones is 1. The average Bonchev–Trinajstić information content (AvgIpc) is 3.32. The van der Waals surface area contributed by atoms with Gasteiger partial charge in [0, 0.05) is 18.3 Å². The molecule has 0 aromatic heterocycles. The summed E-state index contributed by atoms with van der Waals surface area (Å²) in [5, 5.41) is 22.3. The predicted octanol–water partition coefficient (Wildman–Crippen LogP) is 4.74. The Bertz CT molecular complexity index is 1680. The average molecular weight is 629 g/mol. The van der Waals surface area contributed by atoms with Crippen LogP contribution in [0.15, 0.2) is 84.0 Å². The maximum atomic E-state index is 13.8. The lowest BCUT2D eigenvalue weighted by Gasteiger charge is -2.57. The zero-order valence-electron chi connectivity index (χ0n) is 26.6. The lowest BCUT2D eigenvalue weighted by molar-refractivity contribution is -0.405. The van der Waals surface area contributed by atoms with Crippen LogP contribution in [0.25, 0.3) is 0 Å². The van der Waals surface area contributed by atoms with E-state index in [4.69, 9.17) is 23.7 Å². The number of fused-ring (bicyclic) bond motifs is 2. The number of esters is 1. The normalized spacial score (nSPS) is 37.1. The molecule has 9 nitrogen and oxygen atoms in total. The van der Waals surface area contributed by atoms with Gasteiger partial charge in [0.2, 0.25) is 0 Å². The fourth-order valence-corrected chi connectivity index (χ4v) is 8.55. The third-order valence-corrected chi connectivity index (χ3v) is 10.6. The van der Waals surface area contributed by atoms with Gasteiger partial charge in [0.05, 0.1) is 20.0 Å². The van der Waals surface area contributed by atoms with E-state index in [9.17, 15) is 19.8 Å². The van der Waals surface area contributed by atoms with Gasteiger partial charge in [0.25, 0.3) is 5.97 Å². The molecule has 2 heterocycles. The highest BCUT2D eigenvalue weighted by molar-refractivity contribution is 5.98.